The maximum atomic E-state index is 10.4. The Balaban J connectivity index is 0. The first-order valence-corrected chi connectivity index (χ1v) is 7.51. The fourth-order valence-electron chi connectivity index (χ4n) is 2.15. The molecule has 22 heavy (non-hydrogen) atoms. The zero-order valence-electron chi connectivity index (χ0n) is 13.0. The van der Waals surface area contributed by atoms with Crippen molar-refractivity contribution in [3.05, 3.63) is 0 Å². The molecule has 1 fully saturated rings. The molecule has 5 N–H and O–H groups in total. The fourth-order valence-corrected chi connectivity index (χ4v) is 2.15. The number of aliphatic carboxylic acids is 2. The Morgan fingerprint density at radius 2 is 1.68 bits per heavy atom. The number of rotatable bonds is 7. The van der Waals surface area contributed by atoms with Crippen molar-refractivity contribution < 1.29 is 40.9 Å². The minimum atomic E-state index is -1.36. The van der Waals surface area contributed by atoms with Crippen LogP contribution < -0.4 is 27.0 Å². The van der Waals surface area contributed by atoms with Crippen molar-refractivity contribution >= 4 is 11.9 Å². The number of carbonyl (C=O) groups excluding carboxylic acids is 2. The SMILES string of the molecule is CCNCCC(CC(=O)[O-])C(=O)[O-].NC1CCCCC1N.[Pt+2]. The van der Waals surface area contributed by atoms with Crippen LogP contribution in [0.2, 0.25) is 0 Å². The number of carbonyl (C=O) groups is 2. The van der Waals surface area contributed by atoms with Gasteiger partial charge in [0.05, 0.1) is 0 Å². The van der Waals surface area contributed by atoms with E-state index in [1.807, 2.05) is 6.92 Å². The second-order valence-corrected chi connectivity index (χ2v) is 5.35. The number of nitrogens with two attached hydrogens (primary N) is 2. The van der Waals surface area contributed by atoms with Crippen LogP contribution in [0.1, 0.15) is 45.4 Å². The quantitative estimate of drug-likeness (QED) is 0.337. The summed E-state index contributed by atoms with van der Waals surface area (Å²) in [6.07, 6.45) is 4.57. The van der Waals surface area contributed by atoms with Gasteiger partial charge in [0, 0.05) is 29.9 Å². The third-order valence-corrected chi connectivity index (χ3v) is 3.54. The molecule has 3 unspecified atom stereocenters. The second-order valence-electron chi connectivity index (χ2n) is 5.35. The molecule has 0 aromatic rings. The van der Waals surface area contributed by atoms with Crippen LogP contribution in [0.4, 0.5) is 0 Å². The summed E-state index contributed by atoms with van der Waals surface area (Å²) in [6, 6.07) is 0.562. The summed E-state index contributed by atoms with van der Waals surface area (Å²) in [7, 11) is 0. The Hall–Kier alpha value is -0.492. The first-order valence-electron chi connectivity index (χ1n) is 7.51. The van der Waals surface area contributed by atoms with E-state index in [2.05, 4.69) is 5.32 Å². The first-order chi connectivity index (χ1) is 9.88. The minimum Gasteiger partial charge on any atom is -0.550 e. The van der Waals surface area contributed by atoms with Gasteiger partial charge < -0.3 is 36.6 Å². The van der Waals surface area contributed by atoms with Gasteiger partial charge in [-0.25, -0.2) is 0 Å². The van der Waals surface area contributed by atoms with Gasteiger partial charge in [-0.1, -0.05) is 19.8 Å². The van der Waals surface area contributed by atoms with Crippen LogP contribution in [-0.4, -0.2) is 37.1 Å². The second kappa shape index (κ2) is 14.1. The van der Waals surface area contributed by atoms with Crippen molar-refractivity contribution in [3.8, 4) is 0 Å². The van der Waals surface area contributed by atoms with Crippen LogP contribution in [0.25, 0.3) is 0 Å². The van der Waals surface area contributed by atoms with Crippen molar-refractivity contribution in [1.82, 2.24) is 5.32 Å². The van der Waals surface area contributed by atoms with Gasteiger partial charge >= 0.3 is 21.1 Å². The Labute approximate surface area is 146 Å². The predicted octanol–water partition coefficient (Wildman–Crippen LogP) is -2.30. The third-order valence-electron chi connectivity index (χ3n) is 3.54. The van der Waals surface area contributed by atoms with Crippen LogP contribution in [0.15, 0.2) is 0 Å². The van der Waals surface area contributed by atoms with Gasteiger partial charge in [0.25, 0.3) is 0 Å². The summed E-state index contributed by atoms with van der Waals surface area (Å²) in [5, 5.41) is 23.4. The van der Waals surface area contributed by atoms with E-state index in [9.17, 15) is 19.8 Å². The smallest absolute Gasteiger partial charge is 0.550 e. The normalized spacial score (nSPS) is 21.8. The molecule has 1 aliphatic rings. The summed E-state index contributed by atoms with van der Waals surface area (Å²) < 4.78 is 0. The van der Waals surface area contributed by atoms with Gasteiger partial charge in [0.2, 0.25) is 0 Å². The molecule has 0 radical (unpaired) electrons. The number of carboxylic acid groups (broad SMARTS) is 2. The summed E-state index contributed by atoms with van der Waals surface area (Å²) in [6.45, 7) is 3.08. The predicted molar refractivity (Wildman–Crippen MR) is 75.7 cm³/mol. The maximum Gasteiger partial charge on any atom is 2.00 e. The third kappa shape index (κ3) is 12.1. The molecule has 8 heteroatoms. The molecule has 3 atom stereocenters. The molecule has 1 aliphatic carbocycles. The summed E-state index contributed by atoms with van der Waals surface area (Å²) in [4.78, 5) is 20.5. The molecular weight excluding hydrogens is 469 g/mol. The average molecular weight is 496 g/mol. The zero-order chi connectivity index (χ0) is 16.3. The van der Waals surface area contributed by atoms with Crippen molar-refractivity contribution in [3.63, 3.8) is 0 Å². The molecular formula is C14H27N3O4Pt. The average Bonchev–Trinajstić information content (AvgIpc) is 2.41. The number of nitrogens with one attached hydrogen (secondary N) is 1. The summed E-state index contributed by atoms with van der Waals surface area (Å²) in [5.41, 5.74) is 11.3. The first kappa shape index (κ1) is 23.8. The molecule has 0 aliphatic heterocycles. The largest absolute Gasteiger partial charge is 2.00 e. The van der Waals surface area contributed by atoms with Crippen molar-refractivity contribution in [2.24, 2.45) is 17.4 Å². The van der Waals surface area contributed by atoms with E-state index in [1.165, 1.54) is 12.8 Å². The Morgan fingerprint density at radius 1 is 1.18 bits per heavy atom. The van der Waals surface area contributed by atoms with Crippen molar-refractivity contribution in [2.45, 2.75) is 57.5 Å². The van der Waals surface area contributed by atoms with E-state index < -0.39 is 24.3 Å². The molecule has 0 aromatic carbocycles. The van der Waals surface area contributed by atoms with Crippen LogP contribution in [0.3, 0.4) is 0 Å². The zero-order valence-corrected chi connectivity index (χ0v) is 15.3. The Kier molecular flexibility index (Phi) is 15.3. The molecule has 7 nitrogen and oxygen atoms in total. The molecule has 0 amide bonds. The minimum absolute atomic E-state index is 0. The van der Waals surface area contributed by atoms with Gasteiger partial charge in [0.15, 0.2) is 0 Å². The summed E-state index contributed by atoms with van der Waals surface area (Å²) >= 11 is 0. The molecule has 0 bridgehead atoms. The van der Waals surface area contributed by atoms with Crippen molar-refractivity contribution in [1.29, 1.82) is 0 Å². The van der Waals surface area contributed by atoms with Crippen LogP contribution >= 0.6 is 0 Å². The number of hydrogen-bond donors (Lipinski definition) is 3. The van der Waals surface area contributed by atoms with E-state index in [-0.39, 0.29) is 39.6 Å². The van der Waals surface area contributed by atoms with Gasteiger partial charge in [-0.05, 0) is 38.8 Å². The molecule has 0 heterocycles. The van der Waals surface area contributed by atoms with Gasteiger partial charge in [0.1, 0.15) is 0 Å². The van der Waals surface area contributed by atoms with Gasteiger partial charge in [-0.3, -0.25) is 0 Å². The Morgan fingerprint density at radius 3 is 2.00 bits per heavy atom. The summed E-state index contributed by atoms with van der Waals surface area (Å²) in [5.74, 6) is -3.64. The van der Waals surface area contributed by atoms with Gasteiger partial charge in [-0.2, -0.15) is 0 Å². The Bertz CT molecular complexity index is 308. The maximum absolute atomic E-state index is 10.4. The molecule has 0 saturated heterocycles. The monoisotopic (exact) mass is 496 g/mol. The van der Waals surface area contributed by atoms with Crippen LogP contribution in [-0.2, 0) is 30.7 Å². The fraction of sp³-hybridized carbons (Fsp3) is 0.857. The standard InChI is InChI=1S/C8H15NO4.C6H14N2.Pt/c1-2-9-4-3-6(8(12)13)5-7(10)11;7-5-3-1-2-4-6(5)8;/h6,9H,2-5H2,1H3,(H,10,11)(H,12,13);5-6H,1-4,7-8H2;/q;;+2/p-2. The molecule has 1 rings (SSSR count). The van der Waals surface area contributed by atoms with E-state index in [1.54, 1.807) is 0 Å². The molecule has 1 saturated carbocycles. The van der Waals surface area contributed by atoms with E-state index in [4.69, 9.17) is 11.5 Å². The number of hydrogen-bond acceptors (Lipinski definition) is 7. The number of carboxylic acids is 2. The van der Waals surface area contributed by atoms with Crippen LogP contribution in [0.5, 0.6) is 0 Å². The molecule has 0 spiro atoms. The molecule has 0 aromatic heterocycles. The van der Waals surface area contributed by atoms with E-state index >= 15 is 0 Å². The van der Waals surface area contributed by atoms with Crippen molar-refractivity contribution in [2.75, 3.05) is 13.1 Å². The van der Waals surface area contributed by atoms with E-state index in [0.29, 0.717) is 6.54 Å². The van der Waals surface area contributed by atoms with E-state index in [0.717, 1.165) is 19.4 Å². The molecule has 132 valence electrons. The van der Waals surface area contributed by atoms with Gasteiger partial charge in [-0.15, -0.1) is 0 Å². The van der Waals surface area contributed by atoms with Crippen LogP contribution in [0, 0.1) is 5.92 Å². The topological polar surface area (TPSA) is 144 Å².